The van der Waals surface area contributed by atoms with Crippen LogP contribution in [-0.2, 0) is 9.59 Å². The predicted octanol–water partition coefficient (Wildman–Crippen LogP) is -1.48. The molecule has 0 aromatic carbocycles. The molecule has 0 aromatic rings. The highest BCUT2D eigenvalue weighted by molar-refractivity contribution is 5.87. The summed E-state index contributed by atoms with van der Waals surface area (Å²) < 4.78 is 0. The number of rotatable bonds is 18. The van der Waals surface area contributed by atoms with Gasteiger partial charge in [-0.05, 0) is 51.7 Å². The summed E-state index contributed by atoms with van der Waals surface area (Å²) in [4.78, 5) is 27.9. The number of guanidine groups is 1. The van der Waals surface area contributed by atoms with Crippen LogP contribution in [0.15, 0.2) is 4.99 Å². The molecule has 0 radical (unpaired) electrons. The van der Waals surface area contributed by atoms with E-state index in [0.29, 0.717) is 32.5 Å². The average Bonchev–Trinajstić information content (AvgIpc) is 2.66. The summed E-state index contributed by atoms with van der Waals surface area (Å²) in [6, 6.07) is -0.906. The van der Waals surface area contributed by atoms with Crippen molar-refractivity contribution >= 4 is 17.8 Å². The summed E-state index contributed by atoms with van der Waals surface area (Å²) in [5.41, 5.74) is 15.9. The van der Waals surface area contributed by atoms with Crippen molar-refractivity contribution in [3.05, 3.63) is 0 Å². The van der Waals surface area contributed by atoms with Crippen LogP contribution >= 0.6 is 0 Å². The molecule has 0 saturated carbocycles. The topological polar surface area (TPSA) is 181 Å². The molecule has 1 atom stereocenters. The molecule has 28 heavy (non-hydrogen) atoms. The molecule has 0 aliphatic carbocycles. The maximum Gasteiger partial charge on any atom is 0.244 e. The summed E-state index contributed by atoms with van der Waals surface area (Å²) in [7, 11) is 0. The Balaban J connectivity index is 3.76. The first-order valence-corrected chi connectivity index (χ1v) is 10.1. The Kier molecular flexibility index (Phi) is 17.2. The molecule has 0 aromatic heterocycles. The van der Waals surface area contributed by atoms with Gasteiger partial charge in [0, 0.05) is 19.5 Å². The van der Waals surface area contributed by atoms with Gasteiger partial charge < -0.3 is 38.3 Å². The zero-order chi connectivity index (χ0) is 21.0. The van der Waals surface area contributed by atoms with Crippen molar-refractivity contribution in [3.8, 4) is 0 Å². The minimum absolute atomic E-state index is 0.0897. The van der Waals surface area contributed by atoms with Crippen molar-refractivity contribution in [2.45, 2.75) is 57.4 Å². The number of aliphatic hydroxyl groups excluding tert-OH is 1. The molecule has 0 fully saturated rings. The van der Waals surface area contributed by atoms with E-state index in [0.717, 1.165) is 51.6 Å². The van der Waals surface area contributed by atoms with Crippen LogP contribution in [0.1, 0.15) is 51.4 Å². The number of aliphatic hydroxyl groups is 1. The van der Waals surface area contributed by atoms with Crippen LogP contribution in [0, 0.1) is 0 Å². The van der Waals surface area contributed by atoms with E-state index in [1.807, 2.05) is 0 Å². The minimum atomic E-state index is -0.906. The highest BCUT2D eigenvalue weighted by atomic mass is 16.3. The van der Waals surface area contributed by atoms with Crippen LogP contribution in [0.5, 0.6) is 0 Å². The molecule has 10 N–H and O–H groups in total. The van der Waals surface area contributed by atoms with E-state index in [9.17, 15) is 14.7 Å². The number of carbonyl (C=O) groups is 2. The van der Waals surface area contributed by atoms with E-state index in [1.165, 1.54) is 0 Å². The number of nitrogens with two attached hydrogens (primary N) is 3. The molecule has 164 valence electrons. The molecule has 0 aliphatic heterocycles. The third-order valence-corrected chi connectivity index (χ3v) is 4.08. The van der Waals surface area contributed by atoms with E-state index < -0.39 is 12.6 Å². The normalized spacial score (nSPS) is 11.6. The highest BCUT2D eigenvalue weighted by Crippen LogP contribution is 2.03. The van der Waals surface area contributed by atoms with Crippen molar-refractivity contribution < 1.29 is 14.7 Å². The van der Waals surface area contributed by atoms with Crippen molar-refractivity contribution in [3.63, 3.8) is 0 Å². The maximum atomic E-state index is 12.0. The van der Waals surface area contributed by atoms with Gasteiger partial charge in [-0.15, -0.1) is 0 Å². The van der Waals surface area contributed by atoms with Crippen LogP contribution in [0.2, 0.25) is 0 Å². The molecule has 10 nitrogen and oxygen atoms in total. The van der Waals surface area contributed by atoms with Gasteiger partial charge in [0.2, 0.25) is 11.8 Å². The van der Waals surface area contributed by atoms with Gasteiger partial charge in [-0.1, -0.05) is 12.8 Å². The zero-order valence-corrected chi connectivity index (χ0v) is 16.9. The molecule has 0 heterocycles. The molecule has 0 saturated heterocycles. The van der Waals surface area contributed by atoms with Gasteiger partial charge in [0.05, 0.1) is 6.61 Å². The van der Waals surface area contributed by atoms with Gasteiger partial charge in [0.1, 0.15) is 6.04 Å². The van der Waals surface area contributed by atoms with Gasteiger partial charge in [-0.3, -0.25) is 14.6 Å². The van der Waals surface area contributed by atoms with Crippen molar-refractivity contribution in [2.75, 3.05) is 39.3 Å². The molecule has 0 unspecified atom stereocenters. The highest BCUT2D eigenvalue weighted by Gasteiger charge is 2.18. The van der Waals surface area contributed by atoms with E-state index in [1.54, 1.807) is 0 Å². The Morgan fingerprint density at radius 1 is 0.929 bits per heavy atom. The fourth-order valence-corrected chi connectivity index (χ4v) is 2.48. The Morgan fingerprint density at radius 3 is 2.29 bits per heavy atom. The predicted molar refractivity (Wildman–Crippen MR) is 112 cm³/mol. The second kappa shape index (κ2) is 18.5. The van der Waals surface area contributed by atoms with Gasteiger partial charge >= 0.3 is 0 Å². The first-order valence-electron chi connectivity index (χ1n) is 10.1. The van der Waals surface area contributed by atoms with Gasteiger partial charge in [-0.2, -0.15) is 0 Å². The van der Waals surface area contributed by atoms with E-state index >= 15 is 0 Å². The number of carbonyl (C=O) groups excluding carboxylic acids is 2. The molecule has 0 aliphatic rings. The zero-order valence-electron chi connectivity index (χ0n) is 16.9. The largest absolute Gasteiger partial charge is 0.394 e. The lowest BCUT2D eigenvalue weighted by Gasteiger charge is -2.16. The summed E-state index contributed by atoms with van der Waals surface area (Å²) in [5.74, 6) is -0.501. The second-order valence-corrected chi connectivity index (χ2v) is 6.66. The van der Waals surface area contributed by atoms with Crippen molar-refractivity contribution in [1.29, 1.82) is 0 Å². The van der Waals surface area contributed by atoms with Crippen molar-refractivity contribution in [2.24, 2.45) is 22.2 Å². The standard InChI is InChI=1S/C18H39N7O3/c19-9-7-11-22-10-5-6-12-23-17(28)15(14-26)25-16(27)8-3-1-2-4-13-24-18(20)21/h15,22,26H,1-14,19H2,(H,23,28)(H,25,27)(H4,20,21,24)/t15-/m0/s1. The summed E-state index contributed by atoms with van der Waals surface area (Å²) in [6.45, 7) is 3.14. The maximum absolute atomic E-state index is 12.0. The SMILES string of the molecule is NCCCNCCCCNC(=O)[C@H](CO)NC(=O)CCCCCCN=C(N)N. The molecule has 0 bridgehead atoms. The minimum Gasteiger partial charge on any atom is -0.394 e. The van der Waals surface area contributed by atoms with Crippen LogP contribution in [0.25, 0.3) is 0 Å². The Hall–Kier alpha value is -1.91. The number of hydrogen-bond acceptors (Lipinski definition) is 6. The van der Waals surface area contributed by atoms with Crippen molar-refractivity contribution in [1.82, 2.24) is 16.0 Å². The molecular weight excluding hydrogens is 362 g/mol. The second-order valence-electron chi connectivity index (χ2n) is 6.66. The van der Waals surface area contributed by atoms with Gasteiger partial charge in [0.15, 0.2) is 5.96 Å². The fraction of sp³-hybridized carbons (Fsp3) is 0.833. The van der Waals surface area contributed by atoms with E-state index in [-0.39, 0.29) is 17.8 Å². The number of nitrogens with one attached hydrogen (secondary N) is 3. The molecular formula is C18H39N7O3. The van der Waals surface area contributed by atoms with Crippen LogP contribution in [0.4, 0.5) is 0 Å². The molecule has 0 spiro atoms. The third-order valence-electron chi connectivity index (χ3n) is 4.08. The van der Waals surface area contributed by atoms with E-state index in [4.69, 9.17) is 17.2 Å². The number of nitrogens with zero attached hydrogens (tertiary/aromatic N) is 1. The van der Waals surface area contributed by atoms with Gasteiger partial charge in [0.25, 0.3) is 0 Å². The quantitative estimate of drug-likeness (QED) is 0.0830. The van der Waals surface area contributed by atoms with Crippen LogP contribution < -0.4 is 33.2 Å². The van der Waals surface area contributed by atoms with Crippen LogP contribution in [0.3, 0.4) is 0 Å². The first-order chi connectivity index (χ1) is 13.5. The Morgan fingerprint density at radius 2 is 1.61 bits per heavy atom. The smallest absolute Gasteiger partial charge is 0.244 e. The molecule has 0 rings (SSSR count). The summed E-state index contributed by atoms with van der Waals surface area (Å²) in [5, 5.41) is 17.9. The number of aliphatic imine (C=N–C) groups is 1. The van der Waals surface area contributed by atoms with Gasteiger partial charge in [-0.25, -0.2) is 0 Å². The number of unbranched alkanes of at least 4 members (excludes halogenated alkanes) is 4. The number of amides is 2. The molecule has 10 heteroatoms. The first kappa shape index (κ1) is 26.1. The monoisotopic (exact) mass is 401 g/mol. The lowest BCUT2D eigenvalue weighted by Crippen LogP contribution is -2.49. The van der Waals surface area contributed by atoms with Crippen LogP contribution in [-0.4, -0.2) is 68.3 Å². The fourth-order valence-electron chi connectivity index (χ4n) is 2.48. The summed E-state index contributed by atoms with van der Waals surface area (Å²) >= 11 is 0. The number of hydrogen-bond donors (Lipinski definition) is 7. The Bertz CT molecular complexity index is 443. The Labute approximate surface area is 168 Å². The average molecular weight is 402 g/mol. The summed E-state index contributed by atoms with van der Waals surface area (Å²) in [6.07, 6.45) is 6.41. The third kappa shape index (κ3) is 16.3. The molecule has 2 amide bonds. The lowest BCUT2D eigenvalue weighted by atomic mass is 10.1. The van der Waals surface area contributed by atoms with E-state index in [2.05, 4.69) is 20.9 Å². The lowest BCUT2D eigenvalue weighted by molar-refractivity contribution is -0.130.